The Labute approximate surface area is 144 Å². The third kappa shape index (κ3) is 4.46. The molecule has 1 saturated heterocycles. The molecule has 0 spiro atoms. The minimum atomic E-state index is -0.737. The van der Waals surface area contributed by atoms with Crippen LogP contribution >= 0.6 is 11.6 Å². The lowest BCUT2D eigenvalue weighted by Crippen LogP contribution is -2.58. The van der Waals surface area contributed by atoms with Crippen molar-refractivity contribution >= 4 is 17.5 Å². The lowest BCUT2D eigenvalue weighted by atomic mass is 9.95. The van der Waals surface area contributed by atoms with Crippen LogP contribution < -0.4 is 5.73 Å². The van der Waals surface area contributed by atoms with E-state index in [0.717, 1.165) is 44.0 Å². The number of nitrogens with two attached hydrogens (primary N) is 1. The van der Waals surface area contributed by atoms with Gasteiger partial charge in [0.2, 0.25) is 5.91 Å². The Kier molecular flexibility index (Phi) is 6.06. The van der Waals surface area contributed by atoms with Crippen molar-refractivity contribution in [3.8, 4) is 0 Å². The number of amides is 1. The molecule has 1 aromatic carbocycles. The highest BCUT2D eigenvalue weighted by molar-refractivity contribution is 6.30. The molecule has 0 radical (unpaired) electrons. The average molecular weight is 338 g/mol. The predicted molar refractivity (Wildman–Crippen MR) is 95.5 cm³/mol. The molecule has 4 nitrogen and oxygen atoms in total. The Bertz CT molecular complexity index is 522. The van der Waals surface area contributed by atoms with Crippen LogP contribution in [-0.4, -0.2) is 47.4 Å². The van der Waals surface area contributed by atoms with Crippen molar-refractivity contribution in [2.75, 3.05) is 26.2 Å². The molecule has 2 rings (SSSR count). The molecule has 23 heavy (non-hydrogen) atoms. The fraction of sp³-hybridized carbons (Fsp3) is 0.611. The molecular weight excluding hydrogens is 310 g/mol. The Balaban J connectivity index is 1.93. The van der Waals surface area contributed by atoms with Crippen molar-refractivity contribution in [1.29, 1.82) is 0 Å². The molecule has 2 N–H and O–H groups in total. The predicted octanol–water partition coefficient (Wildman–Crippen LogP) is 3.06. The first-order valence-corrected chi connectivity index (χ1v) is 8.80. The van der Waals surface area contributed by atoms with E-state index in [1.807, 2.05) is 24.0 Å². The average Bonchev–Trinajstić information content (AvgIpc) is 2.54. The van der Waals surface area contributed by atoms with Gasteiger partial charge in [0.15, 0.2) is 0 Å². The van der Waals surface area contributed by atoms with Gasteiger partial charge in [-0.15, -0.1) is 0 Å². The molecule has 5 heteroatoms. The zero-order valence-corrected chi connectivity index (χ0v) is 15.1. The Morgan fingerprint density at radius 1 is 1.26 bits per heavy atom. The van der Waals surface area contributed by atoms with Gasteiger partial charge in [0.25, 0.3) is 0 Å². The van der Waals surface area contributed by atoms with E-state index >= 15 is 0 Å². The highest BCUT2D eigenvalue weighted by atomic mass is 35.5. The molecule has 1 amide bonds. The molecule has 2 atom stereocenters. The summed E-state index contributed by atoms with van der Waals surface area (Å²) in [6, 6.07) is 8.32. The topological polar surface area (TPSA) is 49.6 Å². The fourth-order valence-electron chi connectivity index (χ4n) is 3.25. The van der Waals surface area contributed by atoms with E-state index < -0.39 is 5.54 Å². The van der Waals surface area contributed by atoms with E-state index in [1.165, 1.54) is 5.56 Å². The Morgan fingerprint density at radius 3 is 2.35 bits per heavy atom. The summed E-state index contributed by atoms with van der Waals surface area (Å²) in [6.07, 6.45) is 1.65. The second-order valence-electron chi connectivity index (χ2n) is 6.72. The minimum Gasteiger partial charge on any atom is -0.339 e. The normalized spacial score (nSPS) is 20.1. The van der Waals surface area contributed by atoms with Crippen molar-refractivity contribution in [2.45, 2.75) is 45.2 Å². The van der Waals surface area contributed by atoms with Gasteiger partial charge in [0.1, 0.15) is 0 Å². The highest BCUT2D eigenvalue weighted by Crippen LogP contribution is 2.24. The number of rotatable bonds is 5. The number of benzene rings is 1. The Hall–Kier alpha value is -1.10. The summed E-state index contributed by atoms with van der Waals surface area (Å²) in [5.74, 6) is 0.0816. The fourth-order valence-corrected chi connectivity index (χ4v) is 3.38. The van der Waals surface area contributed by atoms with Gasteiger partial charge in [0, 0.05) is 37.2 Å². The second-order valence-corrected chi connectivity index (χ2v) is 7.16. The van der Waals surface area contributed by atoms with E-state index in [4.69, 9.17) is 17.3 Å². The molecule has 0 saturated carbocycles. The molecule has 0 bridgehead atoms. The summed E-state index contributed by atoms with van der Waals surface area (Å²) in [6.45, 7) is 9.34. The van der Waals surface area contributed by atoms with Crippen molar-refractivity contribution < 1.29 is 4.79 Å². The molecule has 2 unspecified atom stereocenters. The van der Waals surface area contributed by atoms with Gasteiger partial charge in [-0.2, -0.15) is 0 Å². The summed E-state index contributed by atoms with van der Waals surface area (Å²) < 4.78 is 0. The van der Waals surface area contributed by atoms with Crippen LogP contribution in [0.15, 0.2) is 24.3 Å². The van der Waals surface area contributed by atoms with Gasteiger partial charge in [-0.3, -0.25) is 9.69 Å². The first-order valence-electron chi connectivity index (χ1n) is 8.43. The van der Waals surface area contributed by atoms with Crippen molar-refractivity contribution in [1.82, 2.24) is 9.80 Å². The number of halogens is 1. The van der Waals surface area contributed by atoms with Crippen LogP contribution in [-0.2, 0) is 4.79 Å². The lowest BCUT2D eigenvalue weighted by molar-refractivity contribution is -0.138. The molecule has 1 heterocycles. The summed E-state index contributed by atoms with van der Waals surface area (Å²) in [7, 11) is 0. The quantitative estimate of drug-likeness (QED) is 0.898. The first-order chi connectivity index (χ1) is 10.8. The number of hydrogen-bond donors (Lipinski definition) is 1. The van der Waals surface area contributed by atoms with Gasteiger partial charge < -0.3 is 10.6 Å². The summed E-state index contributed by atoms with van der Waals surface area (Å²) >= 11 is 5.95. The SMILES string of the molecule is CCCC(C)(N)C(=O)N1CCN(C(C)c2ccc(Cl)cc2)CC1. The number of carbonyl (C=O) groups is 1. The van der Waals surface area contributed by atoms with Crippen molar-refractivity contribution in [3.05, 3.63) is 34.9 Å². The molecule has 128 valence electrons. The van der Waals surface area contributed by atoms with Crippen molar-refractivity contribution in [3.63, 3.8) is 0 Å². The third-order valence-corrected chi connectivity index (χ3v) is 5.01. The van der Waals surface area contributed by atoms with Crippen LogP contribution in [0.25, 0.3) is 0 Å². The molecule has 1 aliphatic rings. The zero-order chi connectivity index (χ0) is 17.0. The third-order valence-electron chi connectivity index (χ3n) is 4.76. The van der Waals surface area contributed by atoms with Crippen LogP contribution in [0.5, 0.6) is 0 Å². The minimum absolute atomic E-state index is 0.0816. The van der Waals surface area contributed by atoms with Gasteiger partial charge >= 0.3 is 0 Å². The van der Waals surface area contributed by atoms with Crippen LogP contribution in [0.1, 0.15) is 45.2 Å². The van der Waals surface area contributed by atoms with E-state index in [9.17, 15) is 4.79 Å². The molecule has 1 aliphatic heterocycles. The largest absolute Gasteiger partial charge is 0.339 e. The van der Waals surface area contributed by atoms with Crippen LogP contribution in [0.2, 0.25) is 5.02 Å². The smallest absolute Gasteiger partial charge is 0.242 e. The van der Waals surface area contributed by atoms with Gasteiger partial charge in [-0.1, -0.05) is 37.1 Å². The van der Waals surface area contributed by atoms with E-state index in [-0.39, 0.29) is 5.91 Å². The van der Waals surface area contributed by atoms with Crippen LogP contribution in [0.3, 0.4) is 0 Å². The molecule has 1 fully saturated rings. The zero-order valence-electron chi connectivity index (χ0n) is 14.4. The number of hydrogen-bond acceptors (Lipinski definition) is 3. The van der Waals surface area contributed by atoms with E-state index in [1.54, 1.807) is 0 Å². The summed E-state index contributed by atoms with van der Waals surface area (Å²) in [5.41, 5.74) is 6.70. The van der Waals surface area contributed by atoms with E-state index in [2.05, 4.69) is 30.9 Å². The second kappa shape index (κ2) is 7.65. The van der Waals surface area contributed by atoms with E-state index in [0.29, 0.717) is 6.04 Å². The molecular formula is C18H28ClN3O. The lowest BCUT2D eigenvalue weighted by Gasteiger charge is -2.40. The highest BCUT2D eigenvalue weighted by Gasteiger charge is 2.34. The summed E-state index contributed by atoms with van der Waals surface area (Å²) in [5, 5.41) is 0.759. The maximum atomic E-state index is 12.6. The standard InChI is InChI=1S/C18H28ClN3O/c1-4-9-18(3,20)17(23)22-12-10-21(11-13-22)14(2)15-5-7-16(19)8-6-15/h5-8,14H,4,9-13,20H2,1-3H3. The summed E-state index contributed by atoms with van der Waals surface area (Å²) in [4.78, 5) is 16.9. The van der Waals surface area contributed by atoms with Crippen LogP contribution in [0, 0.1) is 0 Å². The maximum Gasteiger partial charge on any atom is 0.242 e. The molecule has 0 aliphatic carbocycles. The molecule has 0 aromatic heterocycles. The van der Waals surface area contributed by atoms with Gasteiger partial charge in [-0.05, 0) is 38.0 Å². The van der Waals surface area contributed by atoms with Gasteiger partial charge in [-0.25, -0.2) is 0 Å². The molecule has 1 aromatic rings. The van der Waals surface area contributed by atoms with Crippen LogP contribution in [0.4, 0.5) is 0 Å². The monoisotopic (exact) mass is 337 g/mol. The number of carbonyl (C=O) groups excluding carboxylic acids is 1. The Morgan fingerprint density at radius 2 is 1.83 bits per heavy atom. The number of nitrogens with zero attached hydrogens (tertiary/aromatic N) is 2. The van der Waals surface area contributed by atoms with Crippen molar-refractivity contribution in [2.24, 2.45) is 5.73 Å². The number of piperazine rings is 1. The maximum absolute atomic E-state index is 12.6. The van der Waals surface area contributed by atoms with Gasteiger partial charge in [0.05, 0.1) is 5.54 Å². The first kappa shape index (κ1) is 18.2.